The zero-order valence-electron chi connectivity index (χ0n) is 14.8. The van der Waals surface area contributed by atoms with Crippen LogP contribution in [0.3, 0.4) is 0 Å². The number of nitrogens with zero attached hydrogens (tertiary/aromatic N) is 3. The maximum atomic E-state index is 13.0. The molecule has 0 saturated carbocycles. The van der Waals surface area contributed by atoms with Gasteiger partial charge in [0.2, 0.25) is 0 Å². The van der Waals surface area contributed by atoms with Crippen molar-refractivity contribution >= 4 is 29.9 Å². The molecule has 1 N–H and O–H groups in total. The van der Waals surface area contributed by atoms with E-state index >= 15 is 0 Å². The van der Waals surface area contributed by atoms with Gasteiger partial charge in [-0.25, -0.2) is 4.68 Å². The first-order valence-corrected chi connectivity index (χ1v) is 9.32. The van der Waals surface area contributed by atoms with Gasteiger partial charge in [0.15, 0.2) is 0 Å². The Morgan fingerprint density at radius 3 is 2.50 bits per heavy atom. The van der Waals surface area contributed by atoms with Gasteiger partial charge >= 0.3 is 0 Å². The van der Waals surface area contributed by atoms with E-state index in [1.807, 2.05) is 36.1 Å². The first-order valence-electron chi connectivity index (χ1n) is 8.94. The maximum Gasteiger partial charge on any atom is 0.257 e. The number of rotatable bonds is 2. The topological polar surface area (TPSA) is 50.2 Å². The molecule has 1 amide bonds. The molecule has 2 aromatic rings. The minimum Gasteiger partial charge on any atom is -0.339 e. The molecule has 2 aliphatic rings. The Hall–Kier alpha value is -1.56. The molecule has 26 heavy (non-hydrogen) atoms. The fourth-order valence-electron chi connectivity index (χ4n) is 4.08. The van der Waals surface area contributed by atoms with Crippen molar-refractivity contribution < 1.29 is 4.79 Å². The Morgan fingerprint density at radius 2 is 1.85 bits per heavy atom. The Bertz CT molecular complexity index is 778. The Morgan fingerprint density at radius 1 is 1.19 bits per heavy atom. The van der Waals surface area contributed by atoms with Crippen molar-refractivity contribution in [3.05, 3.63) is 46.7 Å². The lowest BCUT2D eigenvalue weighted by Crippen LogP contribution is -2.33. The van der Waals surface area contributed by atoms with E-state index in [4.69, 9.17) is 11.6 Å². The summed E-state index contributed by atoms with van der Waals surface area (Å²) in [5, 5.41) is 8.52. The average molecular weight is 395 g/mol. The number of carbonyl (C=O) groups is 1. The third kappa shape index (κ3) is 3.48. The molecule has 0 bridgehead atoms. The largest absolute Gasteiger partial charge is 0.339 e. The summed E-state index contributed by atoms with van der Waals surface area (Å²) in [4.78, 5) is 15.0. The van der Waals surface area contributed by atoms with E-state index in [0.29, 0.717) is 22.4 Å². The number of carbonyl (C=O) groups excluding carboxylic acids is 1. The van der Waals surface area contributed by atoms with Gasteiger partial charge in [-0.3, -0.25) is 4.79 Å². The van der Waals surface area contributed by atoms with Gasteiger partial charge in [-0.15, -0.1) is 12.4 Å². The van der Waals surface area contributed by atoms with E-state index in [-0.39, 0.29) is 18.3 Å². The highest BCUT2D eigenvalue weighted by Crippen LogP contribution is 2.28. The number of halogens is 2. The van der Waals surface area contributed by atoms with E-state index in [2.05, 4.69) is 10.4 Å². The van der Waals surface area contributed by atoms with Gasteiger partial charge in [0.25, 0.3) is 5.91 Å². The van der Waals surface area contributed by atoms with Crippen LogP contribution >= 0.6 is 24.0 Å². The summed E-state index contributed by atoms with van der Waals surface area (Å²) in [5.74, 6) is 1.51. The number of fused-ring (bicyclic) bond motifs is 1. The maximum absolute atomic E-state index is 13.0. The molecule has 3 heterocycles. The Balaban J connectivity index is 0.00000196. The summed E-state index contributed by atoms with van der Waals surface area (Å²) in [6.07, 6.45) is 3.84. The number of aromatic nitrogens is 2. The standard InChI is InChI=1S/C19H23ClN4O.ClH/c1-13-16(12-22-24(13)18-5-3-2-4-17(18)20)19(25)23-8-6-14-10-21-11-15(14)7-9-23;/h2-5,12,14-15,21H,6-11H2,1H3;1H/t14-,15+;. The molecular weight excluding hydrogens is 371 g/mol. The van der Waals surface area contributed by atoms with Gasteiger partial charge in [-0.2, -0.15) is 5.10 Å². The highest BCUT2D eigenvalue weighted by Gasteiger charge is 2.32. The fraction of sp³-hybridized carbons (Fsp3) is 0.474. The second-order valence-corrected chi connectivity index (χ2v) is 7.46. The molecule has 0 aliphatic carbocycles. The van der Waals surface area contributed by atoms with Gasteiger partial charge in [-0.1, -0.05) is 23.7 Å². The van der Waals surface area contributed by atoms with Crippen molar-refractivity contribution in [2.45, 2.75) is 19.8 Å². The second kappa shape index (κ2) is 7.99. The lowest BCUT2D eigenvalue weighted by atomic mass is 9.92. The number of nitrogens with one attached hydrogen (secondary N) is 1. The lowest BCUT2D eigenvalue weighted by molar-refractivity contribution is 0.0757. The van der Waals surface area contributed by atoms with Gasteiger partial charge in [-0.05, 0) is 56.8 Å². The predicted molar refractivity (Wildman–Crippen MR) is 106 cm³/mol. The highest BCUT2D eigenvalue weighted by atomic mass is 35.5. The normalized spacial score (nSPS) is 22.5. The number of hydrogen-bond acceptors (Lipinski definition) is 3. The van der Waals surface area contributed by atoms with Crippen LogP contribution in [0.2, 0.25) is 5.02 Å². The lowest BCUT2D eigenvalue weighted by Gasteiger charge is -2.20. The fourth-order valence-corrected chi connectivity index (χ4v) is 4.29. The van der Waals surface area contributed by atoms with Gasteiger partial charge in [0, 0.05) is 13.1 Å². The average Bonchev–Trinajstić information content (AvgIpc) is 3.16. The van der Waals surface area contributed by atoms with Gasteiger partial charge in [0.05, 0.1) is 28.2 Å². The summed E-state index contributed by atoms with van der Waals surface area (Å²) in [6, 6.07) is 7.56. The SMILES string of the molecule is Cc1c(C(=O)N2CC[C@@H]3CNC[C@@H]3CC2)cnn1-c1ccccc1Cl.Cl. The quantitative estimate of drug-likeness (QED) is 0.849. The summed E-state index contributed by atoms with van der Waals surface area (Å²) >= 11 is 6.28. The van der Waals surface area contributed by atoms with Crippen LogP contribution in [0.4, 0.5) is 0 Å². The summed E-state index contributed by atoms with van der Waals surface area (Å²) in [6.45, 7) is 5.78. The molecule has 4 rings (SSSR count). The van der Waals surface area contributed by atoms with Crippen LogP contribution in [0, 0.1) is 18.8 Å². The molecule has 0 radical (unpaired) electrons. The van der Waals surface area contributed by atoms with Crippen LogP contribution in [0.1, 0.15) is 28.9 Å². The smallest absolute Gasteiger partial charge is 0.257 e. The first kappa shape index (κ1) is 19.2. The number of likely N-dealkylation sites (tertiary alicyclic amines) is 1. The molecule has 2 saturated heterocycles. The minimum absolute atomic E-state index is 0. The third-order valence-electron chi connectivity index (χ3n) is 5.63. The molecule has 2 atom stereocenters. The van der Waals surface area contributed by atoms with Gasteiger partial charge in [0.1, 0.15) is 0 Å². The Labute approximate surface area is 165 Å². The number of amides is 1. The second-order valence-electron chi connectivity index (χ2n) is 7.05. The van der Waals surface area contributed by atoms with E-state index in [1.54, 1.807) is 10.9 Å². The van der Waals surface area contributed by atoms with E-state index in [1.165, 1.54) is 0 Å². The van der Waals surface area contributed by atoms with Crippen LogP contribution in [0.15, 0.2) is 30.5 Å². The van der Waals surface area contributed by atoms with Crippen LogP contribution in [-0.4, -0.2) is 46.8 Å². The molecule has 7 heteroatoms. The molecular formula is C19H24Cl2N4O. The van der Waals surface area contributed by atoms with Crippen LogP contribution < -0.4 is 5.32 Å². The highest BCUT2D eigenvalue weighted by molar-refractivity contribution is 6.32. The Kier molecular flexibility index (Phi) is 5.90. The van der Waals surface area contributed by atoms with Crippen molar-refractivity contribution in [1.29, 1.82) is 0 Å². The van der Waals surface area contributed by atoms with Crippen LogP contribution in [-0.2, 0) is 0 Å². The monoisotopic (exact) mass is 394 g/mol. The number of benzene rings is 1. The zero-order chi connectivity index (χ0) is 17.4. The van der Waals surface area contributed by atoms with E-state index in [0.717, 1.165) is 50.4 Å². The molecule has 5 nitrogen and oxygen atoms in total. The van der Waals surface area contributed by atoms with Gasteiger partial charge < -0.3 is 10.2 Å². The molecule has 1 aromatic heterocycles. The molecule has 1 aromatic carbocycles. The van der Waals surface area contributed by atoms with E-state index in [9.17, 15) is 4.79 Å². The molecule has 0 spiro atoms. The van der Waals surface area contributed by atoms with Crippen molar-refractivity contribution in [3.63, 3.8) is 0 Å². The predicted octanol–water partition coefficient (Wildman–Crippen LogP) is 3.33. The summed E-state index contributed by atoms with van der Waals surface area (Å²) < 4.78 is 1.76. The minimum atomic E-state index is 0. The molecule has 2 fully saturated rings. The van der Waals surface area contributed by atoms with E-state index < -0.39 is 0 Å². The van der Waals surface area contributed by atoms with Crippen molar-refractivity contribution in [2.75, 3.05) is 26.2 Å². The molecule has 0 unspecified atom stereocenters. The summed E-state index contributed by atoms with van der Waals surface area (Å²) in [7, 11) is 0. The number of para-hydroxylation sites is 1. The van der Waals surface area contributed by atoms with Crippen LogP contribution in [0.25, 0.3) is 5.69 Å². The summed E-state index contributed by atoms with van der Waals surface area (Å²) in [5.41, 5.74) is 2.31. The van der Waals surface area contributed by atoms with Crippen LogP contribution in [0.5, 0.6) is 0 Å². The molecule has 140 valence electrons. The first-order chi connectivity index (χ1) is 12.1. The zero-order valence-corrected chi connectivity index (χ0v) is 16.4. The number of hydrogen-bond donors (Lipinski definition) is 1. The molecule has 2 aliphatic heterocycles. The third-order valence-corrected chi connectivity index (χ3v) is 5.95. The van der Waals surface area contributed by atoms with Crippen molar-refractivity contribution in [2.24, 2.45) is 11.8 Å². The van der Waals surface area contributed by atoms with Crippen molar-refractivity contribution in [3.8, 4) is 5.69 Å². The van der Waals surface area contributed by atoms with Crippen molar-refractivity contribution in [1.82, 2.24) is 20.0 Å².